The van der Waals surface area contributed by atoms with Crippen LogP contribution >= 0.6 is 0 Å². The minimum Gasteiger partial charge on any atom is -0.494 e. The molecule has 0 bridgehead atoms. The minimum absolute atomic E-state index is 0.313. The second kappa shape index (κ2) is 9.23. The fourth-order valence-corrected chi connectivity index (χ4v) is 2.10. The summed E-state index contributed by atoms with van der Waals surface area (Å²) in [5.41, 5.74) is 0.926. The Morgan fingerprint density at radius 3 is 2.23 bits per heavy atom. The Labute approximate surface area is 151 Å². The van der Waals surface area contributed by atoms with Crippen LogP contribution in [0.25, 0.3) is 0 Å². The van der Waals surface area contributed by atoms with E-state index in [9.17, 15) is 9.59 Å². The van der Waals surface area contributed by atoms with Gasteiger partial charge in [-0.15, -0.1) is 0 Å². The molecular formula is C20H19NO5. The maximum atomic E-state index is 12.1. The van der Waals surface area contributed by atoms with E-state index < -0.39 is 12.1 Å². The summed E-state index contributed by atoms with van der Waals surface area (Å²) in [5, 5.41) is 8.75. The van der Waals surface area contributed by atoms with E-state index in [0.29, 0.717) is 29.2 Å². The first kappa shape index (κ1) is 19.0. The zero-order valence-electron chi connectivity index (χ0n) is 14.6. The van der Waals surface area contributed by atoms with E-state index in [1.165, 1.54) is 6.92 Å². The molecule has 0 spiro atoms. The number of ether oxygens (including phenoxy) is 3. The molecule has 0 radical (unpaired) electrons. The van der Waals surface area contributed by atoms with Gasteiger partial charge in [-0.2, -0.15) is 5.26 Å². The van der Waals surface area contributed by atoms with Crippen molar-refractivity contribution >= 4 is 11.8 Å². The molecule has 134 valence electrons. The zero-order chi connectivity index (χ0) is 18.9. The summed E-state index contributed by atoms with van der Waals surface area (Å²) in [6.07, 6.45) is -0.879. The van der Waals surface area contributed by atoms with E-state index in [0.717, 1.165) is 0 Å². The van der Waals surface area contributed by atoms with E-state index in [1.807, 2.05) is 13.0 Å². The molecule has 0 aliphatic rings. The number of hydrogen-bond acceptors (Lipinski definition) is 6. The van der Waals surface area contributed by atoms with Gasteiger partial charge >= 0.3 is 5.97 Å². The van der Waals surface area contributed by atoms with Crippen LogP contribution in [0.3, 0.4) is 0 Å². The van der Waals surface area contributed by atoms with Crippen LogP contribution in [0.4, 0.5) is 0 Å². The van der Waals surface area contributed by atoms with Gasteiger partial charge in [-0.3, -0.25) is 4.79 Å². The number of nitrogens with zero attached hydrogens (tertiary/aromatic N) is 1. The van der Waals surface area contributed by atoms with Crippen LogP contribution in [0.15, 0.2) is 48.5 Å². The van der Waals surface area contributed by atoms with Gasteiger partial charge in [-0.1, -0.05) is 0 Å². The second-order valence-electron chi connectivity index (χ2n) is 5.38. The van der Waals surface area contributed by atoms with Crippen LogP contribution in [0, 0.1) is 11.3 Å². The fraction of sp³-hybridized carbons (Fsp3) is 0.250. The van der Waals surface area contributed by atoms with Gasteiger partial charge in [-0.25, -0.2) is 4.79 Å². The molecule has 2 aromatic carbocycles. The fourth-order valence-electron chi connectivity index (χ4n) is 2.10. The normalized spacial score (nSPS) is 11.1. The van der Waals surface area contributed by atoms with Crippen LogP contribution in [-0.2, 0) is 9.53 Å². The van der Waals surface area contributed by atoms with Gasteiger partial charge in [0.25, 0.3) is 0 Å². The number of nitriles is 1. The number of rotatable bonds is 8. The van der Waals surface area contributed by atoms with Crippen LogP contribution in [0.2, 0.25) is 0 Å². The molecular weight excluding hydrogens is 334 g/mol. The molecule has 0 N–H and O–H groups in total. The van der Waals surface area contributed by atoms with Crippen molar-refractivity contribution in [2.75, 3.05) is 13.2 Å². The van der Waals surface area contributed by atoms with Crippen molar-refractivity contribution in [3.63, 3.8) is 0 Å². The number of benzene rings is 2. The van der Waals surface area contributed by atoms with Crippen molar-refractivity contribution < 1.29 is 23.8 Å². The molecule has 0 aromatic heterocycles. The highest BCUT2D eigenvalue weighted by Gasteiger charge is 2.18. The van der Waals surface area contributed by atoms with Gasteiger partial charge in [0.1, 0.15) is 11.5 Å². The molecule has 0 aliphatic heterocycles. The highest BCUT2D eigenvalue weighted by molar-refractivity contribution is 5.98. The van der Waals surface area contributed by atoms with E-state index >= 15 is 0 Å². The topological polar surface area (TPSA) is 85.6 Å². The van der Waals surface area contributed by atoms with E-state index in [1.54, 1.807) is 48.5 Å². The van der Waals surface area contributed by atoms with Gasteiger partial charge in [0.05, 0.1) is 18.2 Å². The lowest BCUT2D eigenvalue weighted by Gasteiger charge is -2.13. The summed E-state index contributed by atoms with van der Waals surface area (Å²) in [6.45, 7) is 3.58. The lowest BCUT2D eigenvalue weighted by atomic mass is 10.1. The van der Waals surface area contributed by atoms with Crippen molar-refractivity contribution in [2.45, 2.75) is 20.0 Å². The molecule has 1 atom stereocenters. The molecule has 0 aliphatic carbocycles. The first-order chi connectivity index (χ1) is 12.5. The Kier molecular flexibility index (Phi) is 6.75. The maximum absolute atomic E-state index is 12.1. The Hall–Kier alpha value is -3.33. The predicted octanol–water partition coefficient (Wildman–Crippen LogP) is 3.15. The Bertz CT molecular complexity index is 790. The first-order valence-corrected chi connectivity index (χ1v) is 8.13. The number of hydrogen-bond donors (Lipinski definition) is 0. The molecule has 2 aromatic rings. The van der Waals surface area contributed by atoms with Gasteiger partial charge in [0.15, 0.2) is 18.5 Å². The summed E-state index contributed by atoms with van der Waals surface area (Å²) in [7, 11) is 0. The van der Waals surface area contributed by atoms with Crippen molar-refractivity contribution in [1.82, 2.24) is 0 Å². The molecule has 0 saturated heterocycles. The van der Waals surface area contributed by atoms with Crippen molar-refractivity contribution in [3.8, 4) is 17.6 Å². The third-order valence-electron chi connectivity index (χ3n) is 3.46. The second-order valence-corrected chi connectivity index (χ2v) is 5.38. The number of esters is 1. The van der Waals surface area contributed by atoms with E-state index in [-0.39, 0.29) is 12.4 Å². The van der Waals surface area contributed by atoms with Crippen molar-refractivity contribution in [1.29, 1.82) is 5.26 Å². The van der Waals surface area contributed by atoms with E-state index in [4.69, 9.17) is 19.5 Å². The summed E-state index contributed by atoms with van der Waals surface area (Å²) in [4.78, 5) is 24.1. The van der Waals surface area contributed by atoms with Crippen LogP contribution < -0.4 is 9.47 Å². The molecule has 6 heteroatoms. The molecule has 0 fully saturated rings. The summed E-state index contributed by atoms with van der Waals surface area (Å²) < 4.78 is 15.8. The average molecular weight is 353 g/mol. The zero-order valence-corrected chi connectivity index (χ0v) is 14.6. The van der Waals surface area contributed by atoms with Crippen molar-refractivity contribution in [3.05, 3.63) is 59.7 Å². The van der Waals surface area contributed by atoms with Crippen molar-refractivity contribution in [2.24, 2.45) is 0 Å². The first-order valence-electron chi connectivity index (χ1n) is 8.13. The lowest BCUT2D eigenvalue weighted by molar-refractivity contribution is -0.149. The van der Waals surface area contributed by atoms with E-state index in [2.05, 4.69) is 0 Å². The third-order valence-corrected chi connectivity index (χ3v) is 3.46. The predicted molar refractivity (Wildman–Crippen MR) is 94.1 cm³/mol. The molecule has 6 nitrogen and oxygen atoms in total. The molecule has 0 heterocycles. The highest BCUT2D eigenvalue weighted by atomic mass is 16.6. The van der Waals surface area contributed by atoms with Crippen LogP contribution in [0.1, 0.15) is 29.8 Å². The summed E-state index contributed by atoms with van der Waals surface area (Å²) in [6, 6.07) is 15.0. The number of ketones is 1. The minimum atomic E-state index is -0.879. The monoisotopic (exact) mass is 353 g/mol. The molecule has 0 saturated carbocycles. The lowest BCUT2D eigenvalue weighted by Crippen LogP contribution is -2.28. The summed E-state index contributed by atoms with van der Waals surface area (Å²) >= 11 is 0. The van der Waals surface area contributed by atoms with Gasteiger partial charge in [-0.05, 0) is 62.4 Å². The standard InChI is InChI=1S/C20H19NO5/c1-3-24-17-10-6-16(7-11-17)19(22)13-25-20(23)14(2)26-18-8-4-15(12-21)5-9-18/h4-11,14H,3,13H2,1-2H3/t14-/m0/s1. The Balaban J connectivity index is 1.84. The Morgan fingerprint density at radius 1 is 1.04 bits per heavy atom. The Morgan fingerprint density at radius 2 is 1.65 bits per heavy atom. The molecule has 2 rings (SSSR count). The molecule has 0 unspecified atom stereocenters. The molecule has 0 amide bonds. The largest absolute Gasteiger partial charge is 0.494 e. The number of Topliss-reactive ketones (excluding diaryl/α,β-unsaturated/α-hetero) is 1. The average Bonchev–Trinajstić information content (AvgIpc) is 2.67. The van der Waals surface area contributed by atoms with Crippen LogP contribution in [-0.4, -0.2) is 31.1 Å². The summed E-state index contributed by atoms with van der Waals surface area (Å²) in [5.74, 6) is 0.150. The maximum Gasteiger partial charge on any atom is 0.347 e. The quantitative estimate of drug-likeness (QED) is 0.535. The van der Waals surface area contributed by atoms with Gasteiger partial charge < -0.3 is 14.2 Å². The van der Waals surface area contributed by atoms with Crippen LogP contribution in [0.5, 0.6) is 11.5 Å². The third kappa shape index (κ3) is 5.35. The highest BCUT2D eigenvalue weighted by Crippen LogP contribution is 2.15. The smallest absolute Gasteiger partial charge is 0.347 e. The SMILES string of the molecule is CCOc1ccc(C(=O)COC(=O)[C@H](C)Oc2ccc(C#N)cc2)cc1. The van der Waals surface area contributed by atoms with Gasteiger partial charge in [0, 0.05) is 5.56 Å². The van der Waals surface area contributed by atoms with Gasteiger partial charge in [0.2, 0.25) is 0 Å². The number of carbonyl (C=O) groups is 2. The number of carbonyl (C=O) groups excluding carboxylic acids is 2. The molecule has 26 heavy (non-hydrogen) atoms.